The molecule has 0 unspecified atom stereocenters. The van der Waals surface area contributed by atoms with Gasteiger partial charge in [-0.25, -0.2) is 9.97 Å². The van der Waals surface area contributed by atoms with Crippen LogP contribution in [0.2, 0.25) is 0 Å². The lowest BCUT2D eigenvalue weighted by atomic mass is 10.2. The Balaban J connectivity index is 1.92. The van der Waals surface area contributed by atoms with Crippen LogP contribution in [0.1, 0.15) is 17.2 Å². The topological polar surface area (TPSA) is 61.0 Å². The van der Waals surface area contributed by atoms with Crippen molar-refractivity contribution >= 4 is 5.69 Å². The Morgan fingerprint density at radius 2 is 2.00 bits per heavy atom. The summed E-state index contributed by atoms with van der Waals surface area (Å²) < 4.78 is 5.63. The third kappa shape index (κ3) is 3.45. The maximum atomic E-state index is 5.68. The molecule has 18 heavy (non-hydrogen) atoms. The maximum Gasteiger partial charge on any atom is 0.125 e. The van der Waals surface area contributed by atoms with Crippen LogP contribution in [-0.4, -0.2) is 16.6 Å². The smallest absolute Gasteiger partial charge is 0.125 e. The van der Waals surface area contributed by atoms with Crippen LogP contribution in [0.5, 0.6) is 5.75 Å². The van der Waals surface area contributed by atoms with Crippen LogP contribution in [0, 0.1) is 13.8 Å². The lowest BCUT2D eigenvalue weighted by Gasteiger charge is -2.07. The molecule has 0 spiro atoms. The van der Waals surface area contributed by atoms with Crippen LogP contribution in [0.25, 0.3) is 0 Å². The van der Waals surface area contributed by atoms with Crippen molar-refractivity contribution in [1.82, 2.24) is 9.97 Å². The fraction of sp³-hybridized carbons (Fsp3) is 0.286. The monoisotopic (exact) mass is 243 g/mol. The van der Waals surface area contributed by atoms with Gasteiger partial charge in [0, 0.05) is 29.6 Å². The highest BCUT2D eigenvalue weighted by Gasteiger charge is 2.00. The first-order valence-corrected chi connectivity index (χ1v) is 5.93. The van der Waals surface area contributed by atoms with Gasteiger partial charge in [0.25, 0.3) is 0 Å². The zero-order valence-corrected chi connectivity index (χ0v) is 10.7. The van der Waals surface area contributed by atoms with Gasteiger partial charge < -0.3 is 10.5 Å². The van der Waals surface area contributed by atoms with E-state index < -0.39 is 0 Å². The first-order chi connectivity index (χ1) is 8.63. The first kappa shape index (κ1) is 12.4. The van der Waals surface area contributed by atoms with Gasteiger partial charge in [-0.1, -0.05) is 6.07 Å². The van der Waals surface area contributed by atoms with Gasteiger partial charge in [0.1, 0.15) is 11.6 Å². The van der Waals surface area contributed by atoms with E-state index in [4.69, 9.17) is 10.5 Å². The Bertz CT molecular complexity index is 520. The summed E-state index contributed by atoms with van der Waals surface area (Å²) in [5.41, 5.74) is 8.38. The van der Waals surface area contributed by atoms with Gasteiger partial charge in [-0.2, -0.15) is 0 Å². The molecule has 0 atom stereocenters. The van der Waals surface area contributed by atoms with Gasteiger partial charge in [-0.15, -0.1) is 0 Å². The molecule has 2 N–H and O–H groups in total. The van der Waals surface area contributed by atoms with Crippen molar-refractivity contribution in [3.63, 3.8) is 0 Å². The lowest BCUT2D eigenvalue weighted by Crippen LogP contribution is -2.05. The zero-order valence-electron chi connectivity index (χ0n) is 10.7. The Kier molecular flexibility index (Phi) is 3.77. The van der Waals surface area contributed by atoms with Crippen LogP contribution in [0.3, 0.4) is 0 Å². The average molecular weight is 243 g/mol. The Labute approximate surface area is 107 Å². The highest BCUT2D eigenvalue weighted by atomic mass is 16.5. The molecule has 1 aromatic heterocycles. The molecule has 0 amide bonds. The van der Waals surface area contributed by atoms with E-state index in [2.05, 4.69) is 9.97 Å². The average Bonchev–Trinajstić information content (AvgIpc) is 2.27. The van der Waals surface area contributed by atoms with E-state index in [9.17, 15) is 0 Å². The molecule has 0 radical (unpaired) electrons. The van der Waals surface area contributed by atoms with E-state index in [0.717, 1.165) is 29.4 Å². The van der Waals surface area contributed by atoms with Gasteiger partial charge in [-0.3, -0.25) is 0 Å². The summed E-state index contributed by atoms with van der Waals surface area (Å²) >= 11 is 0. The van der Waals surface area contributed by atoms with Gasteiger partial charge in [0.2, 0.25) is 0 Å². The summed E-state index contributed by atoms with van der Waals surface area (Å²) in [4.78, 5) is 8.61. The second-order valence-electron chi connectivity index (χ2n) is 4.22. The van der Waals surface area contributed by atoms with Crippen LogP contribution in [0.4, 0.5) is 5.69 Å². The van der Waals surface area contributed by atoms with E-state index in [1.807, 2.05) is 44.2 Å². The van der Waals surface area contributed by atoms with Crippen LogP contribution >= 0.6 is 0 Å². The molecule has 0 fully saturated rings. The molecule has 0 aliphatic rings. The highest BCUT2D eigenvalue weighted by molar-refractivity contribution is 5.43. The van der Waals surface area contributed by atoms with Crippen molar-refractivity contribution in [1.29, 1.82) is 0 Å². The number of aryl methyl sites for hydroxylation is 2. The van der Waals surface area contributed by atoms with Gasteiger partial charge in [0.15, 0.2) is 0 Å². The molecule has 0 aliphatic carbocycles. The Morgan fingerprint density at radius 3 is 2.72 bits per heavy atom. The highest BCUT2D eigenvalue weighted by Crippen LogP contribution is 2.14. The van der Waals surface area contributed by atoms with E-state index in [1.165, 1.54) is 0 Å². The fourth-order valence-corrected chi connectivity index (χ4v) is 1.80. The van der Waals surface area contributed by atoms with Gasteiger partial charge in [-0.05, 0) is 32.0 Å². The lowest BCUT2D eigenvalue weighted by molar-refractivity contribution is 0.320. The number of hydrogen-bond acceptors (Lipinski definition) is 4. The summed E-state index contributed by atoms with van der Waals surface area (Å²) in [6.45, 7) is 4.45. The number of aromatic nitrogens is 2. The molecule has 94 valence electrons. The zero-order chi connectivity index (χ0) is 13.0. The normalized spacial score (nSPS) is 10.3. The molecule has 1 heterocycles. The predicted octanol–water partition coefficient (Wildman–Crippen LogP) is 2.30. The van der Waals surface area contributed by atoms with Gasteiger partial charge >= 0.3 is 0 Å². The molecule has 0 saturated carbocycles. The summed E-state index contributed by atoms with van der Waals surface area (Å²) in [6, 6.07) is 9.41. The minimum atomic E-state index is 0.583. The third-order valence-corrected chi connectivity index (χ3v) is 2.50. The molecule has 4 heteroatoms. The van der Waals surface area contributed by atoms with E-state index in [-0.39, 0.29) is 0 Å². The van der Waals surface area contributed by atoms with Crippen LogP contribution < -0.4 is 10.5 Å². The maximum absolute atomic E-state index is 5.68. The number of nitrogens with zero attached hydrogens (tertiary/aromatic N) is 2. The minimum Gasteiger partial charge on any atom is -0.493 e. The molecule has 1 aromatic carbocycles. The Morgan fingerprint density at radius 1 is 1.17 bits per heavy atom. The van der Waals surface area contributed by atoms with Crippen molar-refractivity contribution in [3.05, 3.63) is 47.5 Å². The van der Waals surface area contributed by atoms with E-state index in [0.29, 0.717) is 12.3 Å². The number of rotatable bonds is 4. The summed E-state index contributed by atoms with van der Waals surface area (Å²) in [6.07, 6.45) is 0.763. The molecule has 0 bridgehead atoms. The summed E-state index contributed by atoms with van der Waals surface area (Å²) in [5, 5.41) is 0. The predicted molar refractivity (Wildman–Crippen MR) is 71.6 cm³/mol. The minimum absolute atomic E-state index is 0.583. The quantitative estimate of drug-likeness (QED) is 0.837. The van der Waals surface area contributed by atoms with Crippen molar-refractivity contribution < 1.29 is 4.74 Å². The SMILES string of the molecule is Cc1cc(CCOc2cccc(N)c2)nc(C)n1. The van der Waals surface area contributed by atoms with Crippen molar-refractivity contribution in [2.45, 2.75) is 20.3 Å². The second kappa shape index (κ2) is 5.49. The standard InChI is InChI=1S/C14H17N3O/c1-10-8-13(17-11(2)16-10)6-7-18-14-5-3-4-12(15)9-14/h3-5,8-9H,6-7,15H2,1-2H3. The number of hydrogen-bond donors (Lipinski definition) is 1. The summed E-state index contributed by atoms with van der Waals surface area (Å²) in [7, 11) is 0. The van der Waals surface area contributed by atoms with Gasteiger partial charge in [0.05, 0.1) is 6.61 Å². The number of anilines is 1. The molecule has 2 aromatic rings. The van der Waals surface area contributed by atoms with Crippen molar-refractivity contribution in [2.24, 2.45) is 0 Å². The summed E-state index contributed by atoms with van der Waals surface area (Å²) in [5.74, 6) is 1.59. The largest absolute Gasteiger partial charge is 0.493 e. The number of nitrogen functional groups attached to an aromatic ring is 1. The third-order valence-electron chi connectivity index (χ3n) is 2.50. The molecule has 0 saturated heterocycles. The van der Waals surface area contributed by atoms with Crippen molar-refractivity contribution in [2.75, 3.05) is 12.3 Å². The molecule has 0 aliphatic heterocycles. The number of nitrogens with two attached hydrogens (primary N) is 1. The molecular weight excluding hydrogens is 226 g/mol. The van der Waals surface area contributed by atoms with Crippen LogP contribution in [-0.2, 0) is 6.42 Å². The second-order valence-corrected chi connectivity index (χ2v) is 4.22. The van der Waals surface area contributed by atoms with E-state index in [1.54, 1.807) is 0 Å². The first-order valence-electron chi connectivity index (χ1n) is 5.93. The number of ether oxygens (including phenoxy) is 1. The number of benzene rings is 1. The van der Waals surface area contributed by atoms with Crippen LogP contribution in [0.15, 0.2) is 30.3 Å². The Hall–Kier alpha value is -2.10. The molecule has 4 nitrogen and oxygen atoms in total. The van der Waals surface area contributed by atoms with Crippen molar-refractivity contribution in [3.8, 4) is 5.75 Å². The van der Waals surface area contributed by atoms with E-state index >= 15 is 0 Å². The molecule has 2 rings (SSSR count). The molecular formula is C14H17N3O. The fourth-order valence-electron chi connectivity index (χ4n) is 1.80.